The molecule has 0 aromatic heterocycles. The van der Waals surface area contributed by atoms with E-state index in [9.17, 15) is 9.59 Å². The van der Waals surface area contributed by atoms with Crippen molar-refractivity contribution in [3.05, 3.63) is 0 Å². The molecule has 0 bridgehead atoms. The summed E-state index contributed by atoms with van der Waals surface area (Å²) in [5, 5.41) is 11.2. The number of carbonyl (C=O) groups is 2. The Morgan fingerprint density at radius 2 is 2.17 bits per heavy atom. The first-order valence-electron chi connectivity index (χ1n) is 3.83. The van der Waals surface area contributed by atoms with Crippen molar-refractivity contribution in [3.8, 4) is 0 Å². The molecular formula is C7H12N2O3. The molecule has 0 aromatic carbocycles. The third-order valence-corrected chi connectivity index (χ3v) is 1.66. The summed E-state index contributed by atoms with van der Waals surface area (Å²) in [7, 11) is 0. The van der Waals surface area contributed by atoms with E-state index in [1.807, 2.05) is 0 Å². The first kappa shape index (κ1) is 8.99. The first-order valence-corrected chi connectivity index (χ1v) is 3.83. The smallest absolute Gasteiger partial charge is 0.326 e. The number of hydrogen-bond donors (Lipinski definition) is 2. The van der Waals surface area contributed by atoms with Gasteiger partial charge in [-0.2, -0.15) is 0 Å². The molecule has 12 heavy (non-hydrogen) atoms. The molecule has 0 radical (unpaired) electrons. The van der Waals surface area contributed by atoms with E-state index in [2.05, 4.69) is 5.32 Å². The van der Waals surface area contributed by atoms with Crippen molar-refractivity contribution in [2.45, 2.75) is 32.5 Å². The van der Waals surface area contributed by atoms with E-state index >= 15 is 0 Å². The number of nitrogens with one attached hydrogen (secondary N) is 1. The van der Waals surface area contributed by atoms with E-state index in [4.69, 9.17) is 5.11 Å². The highest BCUT2D eigenvalue weighted by atomic mass is 16.3. The number of imide groups is 1. The maximum absolute atomic E-state index is 11.2. The van der Waals surface area contributed by atoms with Crippen molar-refractivity contribution < 1.29 is 14.7 Å². The van der Waals surface area contributed by atoms with Crippen molar-refractivity contribution in [1.82, 2.24) is 10.2 Å². The van der Waals surface area contributed by atoms with E-state index in [1.165, 1.54) is 0 Å². The molecule has 0 aliphatic carbocycles. The van der Waals surface area contributed by atoms with Gasteiger partial charge in [-0.3, -0.25) is 9.69 Å². The van der Waals surface area contributed by atoms with Crippen LogP contribution in [-0.2, 0) is 4.79 Å². The highest BCUT2D eigenvalue weighted by molar-refractivity contribution is 5.97. The molecule has 5 nitrogen and oxygen atoms in total. The average molecular weight is 172 g/mol. The Morgan fingerprint density at radius 3 is 2.58 bits per heavy atom. The van der Waals surface area contributed by atoms with Gasteiger partial charge in [0.2, 0.25) is 5.91 Å². The van der Waals surface area contributed by atoms with Gasteiger partial charge in [0.25, 0.3) is 0 Å². The number of aliphatic hydroxyl groups excluding tert-OH is 1. The van der Waals surface area contributed by atoms with E-state index in [0.717, 1.165) is 4.90 Å². The SMILES string of the molecule is CC(C)N1C(=O)CC(O)NC1=O. The number of urea groups is 1. The van der Waals surface area contributed by atoms with Crippen molar-refractivity contribution >= 4 is 11.9 Å². The zero-order chi connectivity index (χ0) is 9.30. The fourth-order valence-corrected chi connectivity index (χ4v) is 1.16. The van der Waals surface area contributed by atoms with E-state index in [-0.39, 0.29) is 18.4 Å². The summed E-state index contributed by atoms with van der Waals surface area (Å²) >= 11 is 0. The number of nitrogens with zero attached hydrogens (tertiary/aromatic N) is 1. The van der Waals surface area contributed by atoms with Crippen LogP contribution in [0.3, 0.4) is 0 Å². The Labute approximate surface area is 70.4 Å². The summed E-state index contributed by atoms with van der Waals surface area (Å²) in [6.45, 7) is 3.49. The van der Waals surface area contributed by atoms with Gasteiger partial charge in [-0.1, -0.05) is 0 Å². The zero-order valence-electron chi connectivity index (χ0n) is 7.07. The Balaban J connectivity index is 2.74. The average Bonchev–Trinajstić information content (AvgIpc) is 1.82. The lowest BCUT2D eigenvalue weighted by Gasteiger charge is -2.31. The maximum Gasteiger partial charge on any atom is 0.326 e. The topological polar surface area (TPSA) is 69.6 Å². The minimum atomic E-state index is -1.03. The summed E-state index contributed by atoms with van der Waals surface area (Å²) in [4.78, 5) is 23.4. The summed E-state index contributed by atoms with van der Waals surface area (Å²) < 4.78 is 0. The molecule has 2 N–H and O–H groups in total. The van der Waals surface area contributed by atoms with Crippen molar-refractivity contribution in [2.75, 3.05) is 0 Å². The molecule has 68 valence electrons. The fraction of sp³-hybridized carbons (Fsp3) is 0.714. The summed E-state index contributed by atoms with van der Waals surface area (Å²) in [6.07, 6.45) is -1.07. The van der Waals surface area contributed by atoms with Crippen molar-refractivity contribution in [3.63, 3.8) is 0 Å². The van der Waals surface area contributed by atoms with Gasteiger partial charge < -0.3 is 10.4 Å². The van der Waals surface area contributed by atoms with E-state index in [0.29, 0.717) is 0 Å². The monoisotopic (exact) mass is 172 g/mol. The minimum absolute atomic E-state index is 0.0378. The maximum atomic E-state index is 11.2. The van der Waals surface area contributed by atoms with Crippen molar-refractivity contribution in [1.29, 1.82) is 0 Å². The molecule has 0 spiro atoms. The number of hydrogen-bond acceptors (Lipinski definition) is 3. The van der Waals surface area contributed by atoms with Crippen LogP contribution >= 0.6 is 0 Å². The van der Waals surface area contributed by atoms with Gasteiger partial charge in [0, 0.05) is 6.04 Å². The van der Waals surface area contributed by atoms with Gasteiger partial charge in [-0.05, 0) is 13.8 Å². The van der Waals surface area contributed by atoms with Gasteiger partial charge in [-0.25, -0.2) is 4.79 Å². The molecule has 3 amide bonds. The largest absolute Gasteiger partial charge is 0.373 e. The quantitative estimate of drug-likeness (QED) is 0.568. The van der Waals surface area contributed by atoms with Crippen LogP contribution in [0.4, 0.5) is 4.79 Å². The Morgan fingerprint density at radius 1 is 1.58 bits per heavy atom. The van der Waals surface area contributed by atoms with Crippen LogP contribution in [0.1, 0.15) is 20.3 Å². The van der Waals surface area contributed by atoms with E-state index in [1.54, 1.807) is 13.8 Å². The van der Waals surface area contributed by atoms with Crippen LogP contribution in [-0.4, -0.2) is 34.2 Å². The lowest BCUT2D eigenvalue weighted by molar-refractivity contribution is -0.134. The second kappa shape index (κ2) is 3.10. The standard InChI is InChI=1S/C7H12N2O3/c1-4(2)9-6(11)3-5(10)8-7(9)12/h4-5,10H,3H2,1-2H3,(H,8,12). The van der Waals surface area contributed by atoms with Crippen LogP contribution in [0.25, 0.3) is 0 Å². The highest BCUT2D eigenvalue weighted by Crippen LogP contribution is 2.08. The molecule has 0 aromatic rings. The number of carbonyl (C=O) groups excluding carboxylic acids is 2. The molecule has 1 saturated heterocycles. The molecule has 1 aliphatic heterocycles. The summed E-state index contributed by atoms with van der Waals surface area (Å²) in [6, 6.07) is -0.682. The van der Waals surface area contributed by atoms with Crippen LogP contribution in [0.2, 0.25) is 0 Å². The van der Waals surface area contributed by atoms with Crippen molar-refractivity contribution in [2.24, 2.45) is 0 Å². The molecule has 1 unspecified atom stereocenters. The molecule has 1 aliphatic rings. The molecule has 1 fully saturated rings. The second-order valence-corrected chi connectivity index (χ2v) is 3.03. The van der Waals surface area contributed by atoms with Crippen LogP contribution < -0.4 is 5.32 Å². The molecule has 1 heterocycles. The molecular weight excluding hydrogens is 160 g/mol. The van der Waals surface area contributed by atoms with Gasteiger partial charge in [0.1, 0.15) is 6.23 Å². The molecule has 5 heteroatoms. The Kier molecular flexibility index (Phi) is 2.32. The minimum Gasteiger partial charge on any atom is -0.373 e. The van der Waals surface area contributed by atoms with Crippen LogP contribution in [0, 0.1) is 0 Å². The third kappa shape index (κ3) is 1.55. The highest BCUT2D eigenvalue weighted by Gasteiger charge is 2.32. The molecule has 0 saturated carbocycles. The Hall–Kier alpha value is -1.10. The first-order chi connectivity index (χ1) is 5.52. The van der Waals surface area contributed by atoms with Crippen LogP contribution in [0.15, 0.2) is 0 Å². The lowest BCUT2D eigenvalue weighted by Crippen LogP contribution is -2.56. The summed E-state index contributed by atoms with van der Waals surface area (Å²) in [5.41, 5.74) is 0. The van der Waals surface area contributed by atoms with Gasteiger partial charge >= 0.3 is 6.03 Å². The summed E-state index contributed by atoms with van der Waals surface area (Å²) in [5.74, 6) is -0.332. The lowest BCUT2D eigenvalue weighted by atomic mass is 10.2. The predicted molar refractivity (Wildman–Crippen MR) is 41.1 cm³/mol. The van der Waals surface area contributed by atoms with Gasteiger partial charge in [0.15, 0.2) is 0 Å². The third-order valence-electron chi connectivity index (χ3n) is 1.66. The Bertz CT molecular complexity index is 197. The second-order valence-electron chi connectivity index (χ2n) is 3.03. The van der Waals surface area contributed by atoms with E-state index < -0.39 is 12.3 Å². The van der Waals surface area contributed by atoms with Crippen LogP contribution in [0.5, 0.6) is 0 Å². The fourth-order valence-electron chi connectivity index (χ4n) is 1.16. The predicted octanol–water partition coefficient (Wildman–Crippen LogP) is -0.345. The zero-order valence-corrected chi connectivity index (χ0v) is 7.07. The molecule has 1 atom stereocenters. The number of aliphatic hydroxyl groups is 1. The molecule has 1 rings (SSSR count). The normalized spacial score (nSPS) is 24.7. The van der Waals surface area contributed by atoms with Gasteiger partial charge in [-0.15, -0.1) is 0 Å². The number of rotatable bonds is 1. The van der Waals surface area contributed by atoms with Gasteiger partial charge in [0.05, 0.1) is 6.42 Å². The number of amides is 3.